The molecule has 0 aliphatic heterocycles. The average molecular weight is 278 g/mol. The van der Waals surface area contributed by atoms with Crippen molar-refractivity contribution in [2.75, 3.05) is 12.0 Å². The van der Waals surface area contributed by atoms with Crippen molar-refractivity contribution in [2.24, 2.45) is 0 Å². The molecule has 0 aliphatic rings. The van der Waals surface area contributed by atoms with Crippen molar-refractivity contribution < 1.29 is 9.90 Å². The Labute approximate surface area is 114 Å². The van der Waals surface area contributed by atoms with Crippen LogP contribution in [0.4, 0.5) is 0 Å². The van der Waals surface area contributed by atoms with Crippen LogP contribution in [0.5, 0.6) is 0 Å². The van der Waals surface area contributed by atoms with E-state index in [2.05, 4.69) is 5.10 Å². The first-order valence-electron chi connectivity index (χ1n) is 5.87. The first kappa shape index (κ1) is 13.6. The maximum absolute atomic E-state index is 12.2. The Morgan fingerprint density at radius 1 is 1.37 bits per heavy atom. The number of hydrogen-bond acceptors (Lipinski definition) is 4. The minimum atomic E-state index is -1.12. The molecular formula is C13H14N2O3S. The molecule has 0 unspecified atom stereocenters. The quantitative estimate of drug-likeness (QED) is 0.845. The van der Waals surface area contributed by atoms with Crippen molar-refractivity contribution in [3.8, 4) is 0 Å². The van der Waals surface area contributed by atoms with Crippen LogP contribution in [0, 0.1) is 0 Å². The van der Waals surface area contributed by atoms with E-state index in [0.717, 1.165) is 12.2 Å². The largest absolute Gasteiger partial charge is 0.476 e. The van der Waals surface area contributed by atoms with Gasteiger partial charge in [-0.1, -0.05) is 18.2 Å². The van der Waals surface area contributed by atoms with E-state index in [0.29, 0.717) is 17.3 Å². The molecule has 2 aromatic rings. The van der Waals surface area contributed by atoms with Crippen molar-refractivity contribution in [3.05, 3.63) is 40.3 Å². The van der Waals surface area contributed by atoms with Gasteiger partial charge in [-0.2, -0.15) is 16.9 Å². The van der Waals surface area contributed by atoms with Crippen LogP contribution in [0.1, 0.15) is 16.9 Å². The maximum Gasteiger partial charge on any atom is 0.357 e. The molecule has 1 aromatic carbocycles. The lowest BCUT2D eigenvalue weighted by Crippen LogP contribution is -2.26. The Morgan fingerprint density at radius 3 is 2.68 bits per heavy atom. The fraction of sp³-hybridized carbons (Fsp3) is 0.308. The van der Waals surface area contributed by atoms with Crippen LogP contribution in [0.2, 0.25) is 0 Å². The molecule has 100 valence electrons. The second kappa shape index (κ2) is 5.88. The number of fused-ring (bicyclic) bond motifs is 1. The molecule has 0 spiro atoms. The zero-order valence-corrected chi connectivity index (χ0v) is 11.3. The van der Waals surface area contributed by atoms with Gasteiger partial charge in [-0.15, -0.1) is 0 Å². The van der Waals surface area contributed by atoms with Gasteiger partial charge in [-0.05, 0) is 24.5 Å². The zero-order chi connectivity index (χ0) is 13.8. The number of benzene rings is 1. The van der Waals surface area contributed by atoms with Crippen molar-refractivity contribution >= 4 is 28.5 Å². The Morgan fingerprint density at radius 2 is 2.05 bits per heavy atom. The number of aryl methyl sites for hydroxylation is 1. The van der Waals surface area contributed by atoms with Gasteiger partial charge in [-0.25, -0.2) is 9.48 Å². The molecule has 0 saturated carbocycles. The number of carboxylic acids is 1. The average Bonchev–Trinajstić information content (AvgIpc) is 2.41. The molecule has 19 heavy (non-hydrogen) atoms. The highest BCUT2D eigenvalue weighted by molar-refractivity contribution is 7.98. The van der Waals surface area contributed by atoms with E-state index in [4.69, 9.17) is 0 Å². The number of thioether (sulfide) groups is 1. The number of carbonyl (C=O) groups is 1. The molecule has 1 heterocycles. The molecule has 5 nitrogen and oxygen atoms in total. The highest BCUT2D eigenvalue weighted by Gasteiger charge is 2.15. The van der Waals surface area contributed by atoms with Crippen LogP contribution >= 0.6 is 11.8 Å². The van der Waals surface area contributed by atoms with E-state index in [1.54, 1.807) is 36.0 Å². The molecule has 0 bridgehead atoms. The third kappa shape index (κ3) is 2.78. The van der Waals surface area contributed by atoms with E-state index in [1.807, 2.05) is 6.26 Å². The zero-order valence-electron chi connectivity index (χ0n) is 10.5. The molecule has 2 rings (SSSR count). The van der Waals surface area contributed by atoms with Crippen LogP contribution in [0.25, 0.3) is 10.8 Å². The first-order chi connectivity index (χ1) is 9.15. The van der Waals surface area contributed by atoms with E-state index < -0.39 is 5.97 Å². The van der Waals surface area contributed by atoms with Crippen molar-refractivity contribution in [2.45, 2.75) is 13.0 Å². The molecule has 1 aromatic heterocycles. The molecule has 0 fully saturated rings. The number of rotatable bonds is 5. The predicted molar refractivity (Wildman–Crippen MR) is 76.0 cm³/mol. The second-order valence-electron chi connectivity index (χ2n) is 4.07. The van der Waals surface area contributed by atoms with Gasteiger partial charge in [0.05, 0.1) is 5.39 Å². The minimum Gasteiger partial charge on any atom is -0.476 e. The fourth-order valence-electron chi connectivity index (χ4n) is 1.90. The summed E-state index contributed by atoms with van der Waals surface area (Å²) in [5.74, 6) is -0.210. The van der Waals surface area contributed by atoms with E-state index in [1.165, 1.54) is 4.68 Å². The van der Waals surface area contributed by atoms with Gasteiger partial charge in [0.2, 0.25) is 0 Å². The van der Waals surface area contributed by atoms with Crippen LogP contribution in [-0.4, -0.2) is 32.9 Å². The summed E-state index contributed by atoms with van der Waals surface area (Å²) in [6.45, 7) is 0.435. The van der Waals surface area contributed by atoms with Crippen molar-refractivity contribution in [3.63, 3.8) is 0 Å². The Kier molecular flexibility index (Phi) is 4.21. The normalized spacial score (nSPS) is 10.8. The van der Waals surface area contributed by atoms with Crippen LogP contribution < -0.4 is 5.56 Å². The lowest BCUT2D eigenvalue weighted by atomic mass is 10.1. The van der Waals surface area contributed by atoms with Crippen LogP contribution in [0.3, 0.4) is 0 Å². The third-order valence-corrected chi connectivity index (χ3v) is 3.49. The summed E-state index contributed by atoms with van der Waals surface area (Å²) in [5, 5.41) is 13.9. The van der Waals surface area contributed by atoms with E-state index in [-0.39, 0.29) is 11.3 Å². The van der Waals surface area contributed by atoms with E-state index in [9.17, 15) is 14.7 Å². The molecule has 1 N–H and O–H groups in total. The summed E-state index contributed by atoms with van der Waals surface area (Å²) in [4.78, 5) is 23.4. The predicted octanol–water partition coefficient (Wildman–Crippen LogP) is 1.85. The topological polar surface area (TPSA) is 72.2 Å². The van der Waals surface area contributed by atoms with E-state index >= 15 is 0 Å². The molecule has 0 amide bonds. The first-order valence-corrected chi connectivity index (χ1v) is 7.26. The molecule has 0 atom stereocenters. The fourth-order valence-corrected chi connectivity index (χ4v) is 2.32. The summed E-state index contributed by atoms with van der Waals surface area (Å²) >= 11 is 1.68. The summed E-state index contributed by atoms with van der Waals surface area (Å²) in [6.07, 6.45) is 2.77. The van der Waals surface area contributed by atoms with Crippen molar-refractivity contribution in [1.29, 1.82) is 0 Å². The monoisotopic (exact) mass is 278 g/mol. The van der Waals surface area contributed by atoms with Crippen LogP contribution in [-0.2, 0) is 6.54 Å². The molecule has 0 radical (unpaired) electrons. The van der Waals surface area contributed by atoms with Gasteiger partial charge in [-0.3, -0.25) is 4.79 Å². The minimum absolute atomic E-state index is 0.0700. The van der Waals surface area contributed by atoms with Gasteiger partial charge in [0.1, 0.15) is 0 Å². The van der Waals surface area contributed by atoms with Gasteiger partial charge in [0, 0.05) is 11.9 Å². The lowest BCUT2D eigenvalue weighted by Gasteiger charge is -2.08. The van der Waals surface area contributed by atoms with Gasteiger partial charge < -0.3 is 5.11 Å². The summed E-state index contributed by atoms with van der Waals surface area (Å²) in [6, 6.07) is 6.67. The van der Waals surface area contributed by atoms with Gasteiger partial charge in [0.25, 0.3) is 5.56 Å². The summed E-state index contributed by atoms with van der Waals surface area (Å²) in [5.41, 5.74) is -0.305. The number of carboxylic acid groups (broad SMARTS) is 1. The SMILES string of the molecule is CSCCCn1nc(C(=O)O)c2ccccc2c1=O. The molecule has 6 heteroatoms. The number of aromatic nitrogens is 2. The number of nitrogens with zero attached hydrogens (tertiary/aromatic N) is 2. The number of aromatic carboxylic acids is 1. The highest BCUT2D eigenvalue weighted by atomic mass is 32.2. The Bertz CT molecular complexity index is 666. The summed E-state index contributed by atoms with van der Waals surface area (Å²) in [7, 11) is 0. The second-order valence-corrected chi connectivity index (χ2v) is 5.06. The molecule has 0 aliphatic carbocycles. The van der Waals surface area contributed by atoms with Crippen molar-refractivity contribution in [1.82, 2.24) is 9.78 Å². The Hall–Kier alpha value is -1.82. The number of hydrogen-bond donors (Lipinski definition) is 1. The maximum atomic E-state index is 12.2. The van der Waals surface area contributed by atoms with Gasteiger partial charge >= 0.3 is 5.97 Å². The highest BCUT2D eigenvalue weighted by Crippen LogP contribution is 2.13. The third-order valence-electron chi connectivity index (χ3n) is 2.79. The molecule has 0 saturated heterocycles. The van der Waals surface area contributed by atoms with Crippen LogP contribution in [0.15, 0.2) is 29.1 Å². The summed E-state index contributed by atoms with van der Waals surface area (Å²) < 4.78 is 1.25. The van der Waals surface area contributed by atoms with Gasteiger partial charge in [0.15, 0.2) is 5.69 Å². The molecular weight excluding hydrogens is 264 g/mol. The lowest BCUT2D eigenvalue weighted by molar-refractivity contribution is 0.0690. The smallest absolute Gasteiger partial charge is 0.357 e. The Balaban J connectivity index is 2.56. The standard InChI is InChI=1S/C13H14N2O3S/c1-19-8-4-7-15-12(16)10-6-3-2-5-9(10)11(14-15)13(17)18/h2-3,5-6H,4,7-8H2,1H3,(H,17,18).